The van der Waals surface area contributed by atoms with E-state index >= 15 is 0 Å². The second kappa shape index (κ2) is 6.03. The standard InChI is InChI=1S/C15H20N2O3/c1-3-8-17-13(18)7-6-12(15(19)20)14(17)11-5-4-10(2)16-9-11/h4-5,9,12,14H,3,6-8H2,1-2H3,(H,19,20). The van der Waals surface area contributed by atoms with Crippen LogP contribution in [0.15, 0.2) is 18.3 Å². The molecule has 0 radical (unpaired) electrons. The summed E-state index contributed by atoms with van der Waals surface area (Å²) in [6, 6.07) is 3.34. The fourth-order valence-electron chi connectivity index (χ4n) is 2.78. The summed E-state index contributed by atoms with van der Waals surface area (Å²) in [5.74, 6) is -1.36. The van der Waals surface area contributed by atoms with Gasteiger partial charge < -0.3 is 10.0 Å². The highest BCUT2D eigenvalue weighted by atomic mass is 16.4. The van der Waals surface area contributed by atoms with Crippen molar-refractivity contribution < 1.29 is 14.7 Å². The van der Waals surface area contributed by atoms with Crippen LogP contribution in [0.1, 0.15) is 43.5 Å². The van der Waals surface area contributed by atoms with E-state index in [1.807, 2.05) is 26.0 Å². The molecule has 1 fully saturated rings. The Morgan fingerprint density at radius 2 is 2.25 bits per heavy atom. The second-order valence-corrected chi connectivity index (χ2v) is 5.25. The van der Waals surface area contributed by atoms with Crippen LogP contribution >= 0.6 is 0 Å². The fraction of sp³-hybridized carbons (Fsp3) is 0.533. The molecular formula is C15H20N2O3. The van der Waals surface area contributed by atoms with Crippen LogP contribution in [0.4, 0.5) is 0 Å². The van der Waals surface area contributed by atoms with Crippen LogP contribution in [0.2, 0.25) is 0 Å². The summed E-state index contributed by atoms with van der Waals surface area (Å²) in [4.78, 5) is 29.6. The van der Waals surface area contributed by atoms with Crippen molar-refractivity contribution in [2.75, 3.05) is 6.54 Å². The number of rotatable bonds is 4. The van der Waals surface area contributed by atoms with Gasteiger partial charge >= 0.3 is 5.97 Å². The lowest BCUT2D eigenvalue weighted by atomic mass is 9.84. The molecule has 1 saturated heterocycles. The molecule has 2 rings (SSSR count). The number of pyridine rings is 1. The summed E-state index contributed by atoms with van der Waals surface area (Å²) in [5, 5.41) is 9.44. The van der Waals surface area contributed by atoms with Gasteiger partial charge in [0.25, 0.3) is 0 Å². The first kappa shape index (κ1) is 14.5. The van der Waals surface area contributed by atoms with Gasteiger partial charge in [-0.05, 0) is 31.4 Å². The number of hydrogen-bond acceptors (Lipinski definition) is 3. The number of carboxylic acids is 1. The number of carbonyl (C=O) groups is 2. The summed E-state index contributed by atoms with van der Waals surface area (Å²) >= 11 is 0. The Bertz CT molecular complexity index is 498. The first-order chi connectivity index (χ1) is 9.54. The topological polar surface area (TPSA) is 70.5 Å². The first-order valence-corrected chi connectivity index (χ1v) is 6.99. The Labute approximate surface area is 118 Å². The lowest BCUT2D eigenvalue weighted by molar-refractivity contribution is -0.152. The molecule has 2 heterocycles. The number of carboxylic acid groups (broad SMARTS) is 1. The van der Waals surface area contributed by atoms with Gasteiger partial charge in [0.15, 0.2) is 0 Å². The van der Waals surface area contributed by atoms with Crippen molar-refractivity contribution in [3.8, 4) is 0 Å². The lowest BCUT2D eigenvalue weighted by Gasteiger charge is -2.39. The molecule has 0 spiro atoms. The molecule has 1 aliphatic rings. The molecule has 1 N–H and O–H groups in total. The van der Waals surface area contributed by atoms with Gasteiger partial charge in [0.05, 0.1) is 12.0 Å². The number of aromatic nitrogens is 1. The van der Waals surface area contributed by atoms with Crippen LogP contribution in [-0.2, 0) is 9.59 Å². The van der Waals surface area contributed by atoms with Crippen LogP contribution in [-0.4, -0.2) is 33.4 Å². The fourth-order valence-corrected chi connectivity index (χ4v) is 2.78. The van der Waals surface area contributed by atoms with Crippen LogP contribution in [0.3, 0.4) is 0 Å². The number of aliphatic carboxylic acids is 1. The zero-order valence-electron chi connectivity index (χ0n) is 11.9. The van der Waals surface area contributed by atoms with Gasteiger partial charge in [-0.3, -0.25) is 14.6 Å². The molecule has 5 heteroatoms. The molecule has 0 saturated carbocycles. The van der Waals surface area contributed by atoms with Crippen molar-refractivity contribution in [2.45, 2.75) is 39.2 Å². The van der Waals surface area contributed by atoms with E-state index in [0.717, 1.165) is 17.7 Å². The van der Waals surface area contributed by atoms with Crippen molar-refractivity contribution in [3.63, 3.8) is 0 Å². The second-order valence-electron chi connectivity index (χ2n) is 5.25. The van der Waals surface area contributed by atoms with E-state index in [4.69, 9.17) is 0 Å². The number of piperidine rings is 1. The Morgan fingerprint density at radius 1 is 1.50 bits per heavy atom. The minimum Gasteiger partial charge on any atom is -0.481 e. The van der Waals surface area contributed by atoms with Crippen molar-refractivity contribution in [1.82, 2.24) is 9.88 Å². The van der Waals surface area contributed by atoms with Gasteiger partial charge in [0, 0.05) is 24.9 Å². The van der Waals surface area contributed by atoms with E-state index in [0.29, 0.717) is 19.4 Å². The van der Waals surface area contributed by atoms with Gasteiger partial charge in [-0.15, -0.1) is 0 Å². The van der Waals surface area contributed by atoms with Crippen LogP contribution < -0.4 is 0 Å². The molecule has 5 nitrogen and oxygen atoms in total. The number of nitrogens with zero attached hydrogens (tertiary/aromatic N) is 2. The maximum atomic E-state index is 12.1. The zero-order chi connectivity index (χ0) is 14.7. The molecule has 1 aromatic heterocycles. The smallest absolute Gasteiger partial charge is 0.308 e. The number of amides is 1. The lowest BCUT2D eigenvalue weighted by Crippen LogP contribution is -2.45. The molecule has 2 unspecified atom stereocenters. The molecule has 0 aromatic carbocycles. The average molecular weight is 276 g/mol. The molecule has 1 aliphatic heterocycles. The monoisotopic (exact) mass is 276 g/mol. The molecule has 0 bridgehead atoms. The molecule has 1 aromatic rings. The third-order valence-corrected chi connectivity index (χ3v) is 3.76. The van der Waals surface area contributed by atoms with Gasteiger partial charge in [-0.1, -0.05) is 13.0 Å². The van der Waals surface area contributed by atoms with Crippen molar-refractivity contribution in [1.29, 1.82) is 0 Å². The Kier molecular flexibility index (Phi) is 4.37. The Morgan fingerprint density at radius 3 is 2.80 bits per heavy atom. The van der Waals surface area contributed by atoms with Gasteiger partial charge in [-0.2, -0.15) is 0 Å². The molecular weight excluding hydrogens is 256 g/mol. The first-order valence-electron chi connectivity index (χ1n) is 6.99. The summed E-state index contributed by atoms with van der Waals surface area (Å²) in [6.07, 6.45) is 3.21. The summed E-state index contributed by atoms with van der Waals surface area (Å²) in [6.45, 7) is 4.46. The number of aryl methyl sites for hydroxylation is 1. The maximum absolute atomic E-state index is 12.1. The highest BCUT2D eigenvalue weighted by molar-refractivity contribution is 5.81. The van der Waals surface area contributed by atoms with Gasteiger partial charge in [0.2, 0.25) is 5.91 Å². The number of likely N-dealkylation sites (tertiary alicyclic amines) is 1. The van der Waals surface area contributed by atoms with Crippen molar-refractivity contribution in [3.05, 3.63) is 29.6 Å². The van der Waals surface area contributed by atoms with Gasteiger partial charge in [0.1, 0.15) is 0 Å². The highest BCUT2D eigenvalue weighted by Crippen LogP contribution is 2.36. The minimum atomic E-state index is -0.843. The SMILES string of the molecule is CCCN1C(=O)CCC(C(=O)O)C1c1ccc(C)nc1. The Balaban J connectivity index is 2.39. The van der Waals surface area contributed by atoms with Crippen molar-refractivity contribution in [2.24, 2.45) is 5.92 Å². The van der Waals surface area contributed by atoms with E-state index < -0.39 is 17.9 Å². The number of carbonyl (C=O) groups excluding carboxylic acids is 1. The van der Waals surface area contributed by atoms with Crippen molar-refractivity contribution >= 4 is 11.9 Å². The van der Waals surface area contributed by atoms with Crippen LogP contribution in [0, 0.1) is 12.8 Å². The van der Waals surface area contributed by atoms with E-state index in [1.54, 1.807) is 11.1 Å². The van der Waals surface area contributed by atoms with E-state index in [-0.39, 0.29) is 5.91 Å². The quantitative estimate of drug-likeness (QED) is 0.915. The van der Waals surface area contributed by atoms with E-state index in [2.05, 4.69) is 4.98 Å². The molecule has 2 atom stereocenters. The normalized spacial score (nSPS) is 22.9. The predicted octanol–water partition coefficient (Wildman–Crippen LogP) is 2.16. The molecule has 1 amide bonds. The maximum Gasteiger partial charge on any atom is 0.308 e. The number of hydrogen-bond donors (Lipinski definition) is 1. The minimum absolute atomic E-state index is 0.0370. The molecule has 20 heavy (non-hydrogen) atoms. The summed E-state index contributed by atoms with van der Waals surface area (Å²) < 4.78 is 0. The van der Waals surface area contributed by atoms with E-state index in [9.17, 15) is 14.7 Å². The van der Waals surface area contributed by atoms with Crippen LogP contribution in [0.5, 0.6) is 0 Å². The Hall–Kier alpha value is -1.91. The largest absolute Gasteiger partial charge is 0.481 e. The third kappa shape index (κ3) is 2.81. The predicted molar refractivity (Wildman–Crippen MR) is 74.1 cm³/mol. The molecule has 108 valence electrons. The summed E-state index contributed by atoms with van der Waals surface area (Å²) in [5.41, 5.74) is 1.69. The highest BCUT2D eigenvalue weighted by Gasteiger charge is 2.40. The van der Waals surface area contributed by atoms with Gasteiger partial charge in [-0.25, -0.2) is 0 Å². The average Bonchev–Trinajstić information content (AvgIpc) is 2.42. The molecule has 0 aliphatic carbocycles. The van der Waals surface area contributed by atoms with E-state index in [1.165, 1.54) is 0 Å². The summed E-state index contributed by atoms with van der Waals surface area (Å²) in [7, 11) is 0. The van der Waals surface area contributed by atoms with Crippen LogP contribution in [0.25, 0.3) is 0 Å². The zero-order valence-corrected chi connectivity index (χ0v) is 11.9. The third-order valence-electron chi connectivity index (χ3n) is 3.76.